The zero-order chi connectivity index (χ0) is 46.2. The number of rotatable bonds is 13. The van der Waals surface area contributed by atoms with Gasteiger partial charge in [-0.05, 0) is 68.8 Å². The number of halogens is 2. The van der Waals surface area contributed by atoms with Crippen molar-refractivity contribution in [3.8, 4) is 0 Å². The van der Waals surface area contributed by atoms with E-state index in [1.165, 1.54) is 12.1 Å². The van der Waals surface area contributed by atoms with Crippen molar-refractivity contribution >= 4 is 52.5 Å². The van der Waals surface area contributed by atoms with Crippen LogP contribution in [0.4, 0.5) is 31.8 Å². The highest BCUT2D eigenvalue weighted by Crippen LogP contribution is 2.36. The summed E-state index contributed by atoms with van der Waals surface area (Å²) in [5.41, 5.74) is 1.09. The molecule has 5 fully saturated rings. The zero-order valence-electron chi connectivity index (χ0n) is 37.8. The molecule has 9 rings (SSSR count). The number of imide groups is 2. The summed E-state index contributed by atoms with van der Waals surface area (Å²) >= 11 is 0. The van der Waals surface area contributed by atoms with Crippen LogP contribution in [0.25, 0.3) is 0 Å². The number of hydrogen-bond donors (Lipinski definition) is 3. The summed E-state index contributed by atoms with van der Waals surface area (Å²) in [6.07, 6.45) is 5.03. The lowest BCUT2D eigenvalue weighted by atomic mass is 9.82. The average Bonchev–Trinajstić information content (AvgIpc) is 3.55. The lowest BCUT2D eigenvalue weighted by Crippen LogP contribution is -2.66. The number of ether oxygens (including phenoxy) is 1. The van der Waals surface area contributed by atoms with Crippen LogP contribution in [0.5, 0.6) is 0 Å². The third-order valence-corrected chi connectivity index (χ3v) is 14.3. The largest absolute Gasteiger partial charge is 0.382 e. The minimum absolute atomic E-state index is 0.0300. The third kappa shape index (κ3) is 9.69. The Labute approximate surface area is 383 Å². The molecule has 1 spiro atoms. The van der Waals surface area contributed by atoms with Gasteiger partial charge in [-0.2, -0.15) is 0 Å². The Bertz CT molecular complexity index is 2360. The molecular weight excluding hydrogens is 853 g/mol. The summed E-state index contributed by atoms with van der Waals surface area (Å²) in [5, 5.41) is 8.63. The maximum Gasteiger partial charge on any atom is 0.264 e. The van der Waals surface area contributed by atoms with Crippen LogP contribution >= 0.6 is 0 Å². The van der Waals surface area contributed by atoms with Crippen molar-refractivity contribution in [1.82, 2.24) is 35.3 Å². The van der Waals surface area contributed by atoms with Crippen LogP contribution in [0.3, 0.4) is 0 Å². The van der Waals surface area contributed by atoms with Gasteiger partial charge in [0, 0.05) is 95.3 Å². The molecule has 6 aliphatic heterocycles. The zero-order valence-corrected chi connectivity index (χ0v) is 37.8. The van der Waals surface area contributed by atoms with E-state index in [4.69, 9.17) is 4.74 Å². The molecule has 66 heavy (non-hydrogen) atoms. The number of amides is 5. The normalized spacial score (nSPS) is 22.5. The van der Waals surface area contributed by atoms with Crippen LogP contribution in [0, 0.1) is 17.0 Å². The van der Waals surface area contributed by atoms with Crippen molar-refractivity contribution in [3.05, 3.63) is 71.1 Å². The first-order valence-electron chi connectivity index (χ1n) is 23.2. The number of carbonyl (C=O) groups excluding carboxylic acids is 5. The molecule has 0 radical (unpaired) electrons. The average molecular weight is 912 g/mol. The van der Waals surface area contributed by atoms with Crippen molar-refractivity contribution in [2.45, 2.75) is 70.5 Å². The quantitative estimate of drug-likeness (QED) is 0.169. The smallest absolute Gasteiger partial charge is 0.264 e. The second-order valence-corrected chi connectivity index (χ2v) is 19.3. The predicted molar refractivity (Wildman–Crippen MR) is 242 cm³/mol. The summed E-state index contributed by atoms with van der Waals surface area (Å²) in [5.74, 6) is -1.66. The Balaban J connectivity index is 0.709. The monoisotopic (exact) mass is 911 g/mol. The van der Waals surface area contributed by atoms with E-state index >= 15 is 8.78 Å². The minimum Gasteiger partial charge on any atom is -0.382 e. The van der Waals surface area contributed by atoms with Gasteiger partial charge in [0.25, 0.3) is 11.8 Å². The molecule has 5 amide bonds. The number of piperazine rings is 2. The fraction of sp³-hybridized carbons (Fsp3) is 0.553. The number of fused-ring (bicyclic) bond motifs is 1. The maximum absolute atomic E-state index is 15.7. The molecular formula is C47H59F2N11O6. The molecule has 3 aromatic rings. The van der Waals surface area contributed by atoms with Gasteiger partial charge >= 0.3 is 0 Å². The van der Waals surface area contributed by atoms with E-state index in [0.29, 0.717) is 70.0 Å². The molecule has 0 saturated carbocycles. The van der Waals surface area contributed by atoms with Gasteiger partial charge in [0.1, 0.15) is 35.6 Å². The molecule has 3 N–H and O–H groups in total. The van der Waals surface area contributed by atoms with Crippen LogP contribution < -0.4 is 30.7 Å². The van der Waals surface area contributed by atoms with Crippen LogP contribution in [0.2, 0.25) is 0 Å². The van der Waals surface area contributed by atoms with Crippen molar-refractivity contribution in [2.24, 2.45) is 5.41 Å². The highest BCUT2D eigenvalue weighted by Gasteiger charge is 2.46. The number of carbonyl (C=O) groups is 5. The molecule has 6 aliphatic rings. The van der Waals surface area contributed by atoms with E-state index in [-0.39, 0.29) is 47.5 Å². The first kappa shape index (κ1) is 45.4. The summed E-state index contributed by atoms with van der Waals surface area (Å²) in [6, 6.07) is 8.54. The van der Waals surface area contributed by atoms with Gasteiger partial charge < -0.3 is 30.1 Å². The second kappa shape index (κ2) is 18.8. The third-order valence-electron chi connectivity index (χ3n) is 14.3. The summed E-state index contributed by atoms with van der Waals surface area (Å²) in [6.45, 7) is 13.4. The van der Waals surface area contributed by atoms with Crippen molar-refractivity contribution < 1.29 is 37.5 Å². The van der Waals surface area contributed by atoms with Crippen molar-refractivity contribution in [1.29, 1.82) is 0 Å². The highest BCUT2D eigenvalue weighted by molar-refractivity contribution is 6.25. The SMILES string of the molecule is CC1(C)CCN(Cc2cc(F)c(N3CC(=O)NC4(CCN(c5cc(N6CCN(CCOCCNc7cccc8c7C(=O)N(C7CCC(=O)NC7=O)C8=O)CC6)ncn5)CC4)C3)cc2F)CC1. The number of aromatic nitrogens is 2. The first-order chi connectivity index (χ1) is 31.7. The van der Waals surface area contributed by atoms with E-state index in [1.807, 2.05) is 6.07 Å². The molecule has 1 atom stereocenters. The number of likely N-dealkylation sites (tertiary alicyclic amines) is 1. The number of nitrogens with one attached hydrogen (secondary N) is 3. The molecule has 0 bridgehead atoms. The lowest BCUT2D eigenvalue weighted by molar-refractivity contribution is -0.136. The van der Waals surface area contributed by atoms with Crippen LogP contribution in [-0.2, 0) is 25.7 Å². The van der Waals surface area contributed by atoms with Gasteiger partial charge in [-0.1, -0.05) is 19.9 Å². The highest BCUT2D eigenvalue weighted by atomic mass is 19.1. The fourth-order valence-electron chi connectivity index (χ4n) is 10.2. The predicted octanol–water partition coefficient (Wildman–Crippen LogP) is 3.00. The molecule has 0 aliphatic carbocycles. The van der Waals surface area contributed by atoms with Gasteiger partial charge in [0.2, 0.25) is 17.7 Å². The number of benzene rings is 2. The summed E-state index contributed by atoms with van der Waals surface area (Å²) < 4.78 is 37.1. The summed E-state index contributed by atoms with van der Waals surface area (Å²) in [7, 11) is 0. The van der Waals surface area contributed by atoms with Crippen LogP contribution in [0.15, 0.2) is 42.7 Å². The van der Waals surface area contributed by atoms with E-state index in [1.54, 1.807) is 29.4 Å². The van der Waals surface area contributed by atoms with Gasteiger partial charge in [0.05, 0.1) is 42.1 Å². The lowest BCUT2D eigenvalue weighted by Gasteiger charge is -2.48. The molecule has 17 nitrogen and oxygen atoms in total. The molecule has 19 heteroatoms. The number of hydrogen-bond acceptors (Lipinski definition) is 14. The van der Waals surface area contributed by atoms with Gasteiger partial charge in [-0.3, -0.25) is 44.0 Å². The van der Waals surface area contributed by atoms with Crippen LogP contribution in [-0.4, -0.2) is 158 Å². The molecule has 5 saturated heterocycles. The number of piperidine rings is 3. The van der Waals surface area contributed by atoms with Gasteiger partial charge in [-0.25, -0.2) is 18.7 Å². The molecule has 7 heterocycles. The van der Waals surface area contributed by atoms with Gasteiger partial charge in [0.15, 0.2) is 0 Å². The Morgan fingerprint density at radius 1 is 0.788 bits per heavy atom. The Morgan fingerprint density at radius 3 is 2.24 bits per heavy atom. The van der Waals surface area contributed by atoms with Crippen molar-refractivity contribution in [3.63, 3.8) is 0 Å². The summed E-state index contributed by atoms with van der Waals surface area (Å²) in [4.78, 5) is 84.5. The first-order valence-corrected chi connectivity index (χ1v) is 23.2. The number of anilines is 4. The minimum atomic E-state index is -1.02. The molecule has 1 unspecified atom stereocenters. The Kier molecular flexibility index (Phi) is 12.9. The van der Waals surface area contributed by atoms with Crippen LogP contribution in [0.1, 0.15) is 78.7 Å². The van der Waals surface area contributed by atoms with E-state index < -0.39 is 46.8 Å². The van der Waals surface area contributed by atoms with Gasteiger partial charge in [-0.15, -0.1) is 0 Å². The standard InChI is InChI=1S/C47H59F2N11O6/c1-46(2)8-13-56(14-9-46)27-31-24-34(49)37(25-33(31)48)59-28-41(62)54-47(29-59)10-15-57(16-11-47)38-26-39(52-30-51-38)58-19-17-55(18-20-58)21-23-66-22-12-50-35-5-3-4-32-42(35)45(65)60(44(32)64)36-6-7-40(61)53-43(36)63/h3-5,24-26,30,36,50H,6-23,27-29H2,1-2H3,(H,54,62)(H,53,61,63). The maximum atomic E-state index is 15.7. The van der Waals surface area contributed by atoms with E-state index in [0.717, 1.165) is 75.2 Å². The molecule has 1 aromatic heterocycles. The van der Waals surface area contributed by atoms with Crippen molar-refractivity contribution in [2.75, 3.05) is 112 Å². The van der Waals surface area contributed by atoms with E-state index in [2.05, 4.69) is 59.4 Å². The Hall–Kier alpha value is -5.79. The fourth-order valence-corrected chi connectivity index (χ4v) is 10.2. The molecule has 2 aromatic carbocycles. The Morgan fingerprint density at radius 2 is 1.52 bits per heavy atom. The topological polar surface area (TPSA) is 176 Å². The molecule has 352 valence electrons. The van der Waals surface area contributed by atoms with E-state index in [9.17, 15) is 24.0 Å². The number of nitrogens with zero attached hydrogens (tertiary/aromatic N) is 8. The second-order valence-electron chi connectivity index (χ2n) is 19.3.